The molecule has 0 bridgehead atoms. The normalized spacial score (nSPS) is 11.5. The van der Waals surface area contributed by atoms with E-state index in [1.165, 1.54) is 96.3 Å². The van der Waals surface area contributed by atoms with Gasteiger partial charge >= 0.3 is 11.9 Å². The van der Waals surface area contributed by atoms with E-state index in [1.807, 2.05) is 13.8 Å². The van der Waals surface area contributed by atoms with Crippen LogP contribution in [0, 0.1) is 5.41 Å². The van der Waals surface area contributed by atoms with Gasteiger partial charge in [0.05, 0.1) is 13.2 Å². The summed E-state index contributed by atoms with van der Waals surface area (Å²) >= 11 is 0. The summed E-state index contributed by atoms with van der Waals surface area (Å²) in [6, 6.07) is 0. The van der Waals surface area contributed by atoms with Gasteiger partial charge in [0.15, 0.2) is 5.41 Å². The molecule has 0 saturated heterocycles. The molecule has 0 rings (SSSR count). The molecule has 4 heteroatoms. The lowest BCUT2D eigenvalue weighted by Crippen LogP contribution is -2.41. The molecule has 0 N–H and O–H groups in total. The van der Waals surface area contributed by atoms with Crippen molar-refractivity contribution in [2.24, 2.45) is 5.41 Å². The van der Waals surface area contributed by atoms with Crippen LogP contribution in [0.15, 0.2) is 0 Å². The summed E-state index contributed by atoms with van der Waals surface area (Å²) < 4.78 is 11.1. The van der Waals surface area contributed by atoms with E-state index in [2.05, 4.69) is 13.8 Å². The molecule has 0 saturated carbocycles. The Hall–Kier alpha value is -1.06. The fourth-order valence-corrected chi connectivity index (χ4v) is 4.52. The van der Waals surface area contributed by atoms with Gasteiger partial charge in [-0.05, 0) is 25.7 Å². The van der Waals surface area contributed by atoms with Crippen molar-refractivity contribution in [1.29, 1.82) is 0 Å². The molecule has 0 aliphatic carbocycles. The van der Waals surface area contributed by atoms with E-state index in [0.29, 0.717) is 26.1 Å². The standard InChI is InChI=1S/C30H58O4/c1-5-9-11-13-15-17-19-21-23-25-27-34-29(32)30(7-3,8-4)28(31)33-26-24-22-20-18-16-14-12-10-6-2/h5-27H2,1-4H3. The zero-order chi connectivity index (χ0) is 25.3. The molecular formula is C30H58O4. The molecule has 0 aromatic carbocycles. The predicted molar refractivity (Wildman–Crippen MR) is 144 cm³/mol. The van der Waals surface area contributed by atoms with Crippen molar-refractivity contribution < 1.29 is 19.1 Å². The summed E-state index contributed by atoms with van der Waals surface area (Å²) in [5.41, 5.74) is -1.14. The van der Waals surface area contributed by atoms with E-state index in [-0.39, 0.29) is 0 Å². The van der Waals surface area contributed by atoms with E-state index in [9.17, 15) is 9.59 Å². The highest BCUT2D eigenvalue weighted by Crippen LogP contribution is 2.30. The van der Waals surface area contributed by atoms with Gasteiger partial charge < -0.3 is 9.47 Å². The topological polar surface area (TPSA) is 52.6 Å². The maximum Gasteiger partial charge on any atom is 0.323 e. The van der Waals surface area contributed by atoms with Gasteiger partial charge in [0, 0.05) is 0 Å². The number of unbranched alkanes of at least 4 members (excludes halogenated alkanes) is 17. The lowest BCUT2D eigenvalue weighted by molar-refractivity contribution is -0.173. The number of carbonyl (C=O) groups excluding carboxylic acids is 2. The molecule has 0 amide bonds. The summed E-state index contributed by atoms with van der Waals surface area (Å²) in [6.07, 6.45) is 24.3. The Morgan fingerprint density at radius 2 is 0.706 bits per heavy atom. The van der Waals surface area contributed by atoms with Gasteiger partial charge in [-0.3, -0.25) is 9.59 Å². The van der Waals surface area contributed by atoms with E-state index < -0.39 is 17.4 Å². The van der Waals surface area contributed by atoms with Crippen molar-refractivity contribution >= 4 is 11.9 Å². The molecule has 34 heavy (non-hydrogen) atoms. The van der Waals surface area contributed by atoms with Gasteiger partial charge in [0.2, 0.25) is 0 Å². The summed E-state index contributed by atoms with van der Waals surface area (Å²) in [5.74, 6) is -0.796. The minimum Gasteiger partial charge on any atom is -0.465 e. The zero-order valence-corrected chi connectivity index (χ0v) is 23.4. The Kier molecular flexibility index (Phi) is 22.9. The second-order valence-corrected chi connectivity index (χ2v) is 10.1. The summed E-state index contributed by atoms with van der Waals surface area (Å²) in [6.45, 7) is 9.06. The molecule has 0 unspecified atom stereocenters. The lowest BCUT2D eigenvalue weighted by Gasteiger charge is -2.27. The minimum absolute atomic E-state index is 0.398. The first-order valence-electron chi connectivity index (χ1n) is 14.9. The number of carbonyl (C=O) groups is 2. The molecule has 0 atom stereocenters. The Morgan fingerprint density at radius 1 is 0.441 bits per heavy atom. The van der Waals surface area contributed by atoms with Crippen molar-refractivity contribution in [2.45, 2.75) is 163 Å². The fourth-order valence-electron chi connectivity index (χ4n) is 4.52. The second-order valence-electron chi connectivity index (χ2n) is 10.1. The maximum absolute atomic E-state index is 12.8. The number of rotatable bonds is 25. The van der Waals surface area contributed by atoms with Crippen LogP contribution in [0.1, 0.15) is 163 Å². The first-order valence-corrected chi connectivity index (χ1v) is 14.9. The first-order chi connectivity index (χ1) is 16.6. The van der Waals surface area contributed by atoms with Crippen LogP contribution in [0.4, 0.5) is 0 Å². The van der Waals surface area contributed by atoms with Gasteiger partial charge in [-0.15, -0.1) is 0 Å². The minimum atomic E-state index is -1.14. The fraction of sp³-hybridized carbons (Fsp3) is 0.933. The number of hydrogen-bond acceptors (Lipinski definition) is 4. The molecule has 0 aliphatic heterocycles. The molecule has 202 valence electrons. The summed E-state index contributed by atoms with van der Waals surface area (Å²) in [7, 11) is 0. The van der Waals surface area contributed by atoms with Crippen LogP contribution in [-0.4, -0.2) is 25.2 Å². The van der Waals surface area contributed by atoms with Gasteiger partial charge in [0.25, 0.3) is 0 Å². The zero-order valence-electron chi connectivity index (χ0n) is 23.4. The highest BCUT2D eigenvalue weighted by atomic mass is 16.6. The van der Waals surface area contributed by atoms with E-state index in [4.69, 9.17) is 9.47 Å². The molecule has 0 spiro atoms. The maximum atomic E-state index is 12.8. The summed E-state index contributed by atoms with van der Waals surface area (Å²) in [4.78, 5) is 25.6. The highest BCUT2D eigenvalue weighted by molar-refractivity contribution is 5.99. The molecule has 0 aromatic rings. The molecule has 0 heterocycles. The van der Waals surface area contributed by atoms with Crippen molar-refractivity contribution in [2.75, 3.05) is 13.2 Å². The number of esters is 2. The van der Waals surface area contributed by atoms with Crippen molar-refractivity contribution in [3.8, 4) is 0 Å². The van der Waals surface area contributed by atoms with Crippen LogP contribution in [0.2, 0.25) is 0 Å². The van der Waals surface area contributed by atoms with Crippen LogP contribution in [0.3, 0.4) is 0 Å². The lowest BCUT2D eigenvalue weighted by atomic mass is 9.82. The molecule has 0 aromatic heterocycles. The largest absolute Gasteiger partial charge is 0.465 e. The van der Waals surface area contributed by atoms with Crippen molar-refractivity contribution in [1.82, 2.24) is 0 Å². The molecule has 0 radical (unpaired) electrons. The van der Waals surface area contributed by atoms with Gasteiger partial charge in [0.1, 0.15) is 0 Å². The van der Waals surface area contributed by atoms with Crippen LogP contribution >= 0.6 is 0 Å². The quantitative estimate of drug-likeness (QED) is 0.0738. The van der Waals surface area contributed by atoms with Crippen molar-refractivity contribution in [3.63, 3.8) is 0 Å². The Labute approximate surface area is 212 Å². The monoisotopic (exact) mass is 482 g/mol. The van der Waals surface area contributed by atoms with E-state index in [0.717, 1.165) is 25.7 Å². The first kappa shape index (κ1) is 32.9. The Bertz CT molecular complexity index is 470. The summed E-state index contributed by atoms with van der Waals surface area (Å²) in [5, 5.41) is 0. The molecule has 0 aliphatic rings. The number of ether oxygens (including phenoxy) is 2. The molecule has 4 nitrogen and oxygen atoms in total. The predicted octanol–water partition coefficient (Wildman–Crippen LogP) is 9.33. The van der Waals surface area contributed by atoms with Gasteiger partial charge in [-0.25, -0.2) is 0 Å². The van der Waals surface area contributed by atoms with Crippen LogP contribution in [0.25, 0.3) is 0 Å². The average Bonchev–Trinajstić information content (AvgIpc) is 2.84. The van der Waals surface area contributed by atoms with Gasteiger partial charge in [-0.2, -0.15) is 0 Å². The smallest absolute Gasteiger partial charge is 0.323 e. The average molecular weight is 483 g/mol. The third-order valence-electron chi connectivity index (χ3n) is 7.20. The number of hydrogen-bond donors (Lipinski definition) is 0. The SMILES string of the molecule is CCCCCCCCCCCCOC(=O)C(CC)(CC)C(=O)OCCCCCCCCCCC. The third-order valence-corrected chi connectivity index (χ3v) is 7.20. The van der Waals surface area contributed by atoms with Crippen molar-refractivity contribution in [3.05, 3.63) is 0 Å². The Morgan fingerprint density at radius 3 is 0.971 bits per heavy atom. The molecular weight excluding hydrogens is 424 g/mol. The second kappa shape index (κ2) is 23.7. The van der Waals surface area contributed by atoms with Crippen LogP contribution in [-0.2, 0) is 19.1 Å². The molecule has 0 fully saturated rings. The van der Waals surface area contributed by atoms with E-state index in [1.54, 1.807) is 0 Å². The van der Waals surface area contributed by atoms with Crippen LogP contribution in [0.5, 0.6) is 0 Å². The third kappa shape index (κ3) is 15.8. The van der Waals surface area contributed by atoms with E-state index >= 15 is 0 Å². The van der Waals surface area contributed by atoms with Crippen LogP contribution < -0.4 is 0 Å². The Balaban J connectivity index is 3.98. The highest BCUT2D eigenvalue weighted by Gasteiger charge is 2.45. The van der Waals surface area contributed by atoms with Gasteiger partial charge in [-0.1, -0.05) is 137 Å².